The summed E-state index contributed by atoms with van der Waals surface area (Å²) in [5.74, 6) is 0.562. The van der Waals surface area contributed by atoms with Gasteiger partial charge in [0.05, 0.1) is 11.9 Å². The molecule has 1 aliphatic rings. The van der Waals surface area contributed by atoms with Crippen LogP contribution in [0.1, 0.15) is 24.1 Å². The third-order valence-corrected chi connectivity index (χ3v) is 4.89. The van der Waals surface area contributed by atoms with Crippen molar-refractivity contribution in [1.82, 2.24) is 24.9 Å². The van der Waals surface area contributed by atoms with Gasteiger partial charge in [0.25, 0.3) is 5.56 Å². The van der Waals surface area contributed by atoms with Gasteiger partial charge in [0.1, 0.15) is 0 Å². The second-order valence-electron chi connectivity index (χ2n) is 5.53. The van der Waals surface area contributed by atoms with Crippen molar-refractivity contribution < 1.29 is 9.53 Å². The molecule has 0 saturated carbocycles. The minimum Gasteiger partial charge on any atom is -0.376 e. The number of carbonyl (C=O) groups excluding carboxylic acids is 1. The van der Waals surface area contributed by atoms with Crippen LogP contribution in [0.15, 0.2) is 9.95 Å². The van der Waals surface area contributed by atoms with Gasteiger partial charge in [-0.1, -0.05) is 11.8 Å². The molecule has 0 spiro atoms. The van der Waals surface area contributed by atoms with E-state index in [0.717, 1.165) is 25.1 Å². The summed E-state index contributed by atoms with van der Waals surface area (Å²) < 4.78 is 7.23. The molecule has 2 N–H and O–H groups in total. The molecule has 124 valence electrons. The number of rotatable bonds is 5. The molecule has 2 aromatic heterocycles. The molecule has 23 heavy (non-hydrogen) atoms. The van der Waals surface area contributed by atoms with Gasteiger partial charge in [0.2, 0.25) is 11.7 Å². The molecule has 0 radical (unpaired) electrons. The Morgan fingerprint density at radius 3 is 3.04 bits per heavy atom. The molecule has 0 unspecified atom stereocenters. The number of aromatic nitrogens is 4. The number of nitrogens with one attached hydrogen (secondary N) is 2. The highest BCUT2D eigenvalue weighted by atomic mass is 32.2. The summed E-state index contributed by atoms with van der Waals surface area (Å²) in [5, 5.41) is 11.5. The average Bonchev–Trinajstić information content (AvgIpc) is 3.18. The lowest BCUT2D eigenvalue weighted by atomic mass is 10.2. The van der Waals surface area contributed by atoms with Gasteiger partial charge in [-0.2, -0.15) is 0 Å². The molecule has 2 aromatic rings. The van der Waals surface area contributed by atoms with E-state index >= 15 is 0 Å². The Hall–Kier alpha value is -1.87. The standard InChI is InChI=1S/C14H19N5O3S/c1-8-9(2)19-13(16-12(8)21)17-18-14(19)23-7-11(20)15-6-10-4-3-5-22-10/h10H,3-7H2,1-2H3,(H,15,20)(H,16,17,21)/t10-/m0/s1. The minimum absolute atomic E-state index is 0.0685. The molecule has 0 aliphatic carbocycles. The number of fused-ring (bicyclic) bond motifs is 1. The highest BCUT2D eigenvalue weighted by Crippen LogP contribution is 2.18. The van der Waals surface area contributed by atoms with Crippen LogP contribution < -0.4 is 10.9 Å². The maximum absolute atomic E-state index is 11.9. The third kappa shape index (κ3) is 3.40. The number of thioether (sulfide) groups is 1. The highest BCUT2D eigenvalue weighted by Gasteiger charge is 2.17. The van der Waals surface area contributed by atoms with Crippen molar-refractivity contribution >= 4 is 23.4 Å². The van der Waals surface area contributed by atoms with E-state index in [0.29, 0.717) is 23.0 Å². The number of ether oxygens (including phenoxy) is 1. The number of aromatic amines is 1. The zero-order valence-corrected chi connectivity index (χ0v) is 13.9. The van der Waals surface area contributed by atoms with Crippen LogP contribution in [-0.2, 0) is 9.53 Å². The van der Waals surface area contributed by atoms with Crippen molar-refractivity contribution in [1.29, 1.82) is 0 Å². The van der Waals surface area contributed by atoms with E-state index < -0.39 is 0 Å². The molecule has 1 atom stereocenters. The number of carbonyl (C=O) groups is 1. The monoisotopic (exact) mass is 337 g/mol. The Morgan fingerprint density at radius 1 is 1.48 bits per heavy atom. The van der Waals surface area contributed by atoms with Gasteiger partial charge < -0.3 is 10.1 Å². The second kappa shape index (κ2) is 6.71. The van der Waals surface area contributed by atoms with E-state index in [4.69, 9.17) is 4.74 Å². The number of H-pyrrole nitrogens is 1. The second-order valence-corrected chi connectivity index (χ2v) is 6.48. The first-order chi connectivity index (χ1) is 11.1. The first-order valence-electron chi connectivity index (χ1n) is 7.52. The fourth-order valence-corrected chi connectivity index (χ4v) is 3.30. The Bertz CT molecular complexity index is 779. The van der Waals surface area contributed by atoms with E-state index in [-0.39, 0.29) is 23.3 Å². The molecular weight excluding hydrogens is 318 g/mol. The lowest BCUT2D eigenvalue weighted by molar-refractivity contribution is -0.119. The van der Waals surface area contributed by atoms with Crippen LogP contribution in [0.4, 0.5) is 0 Å². The summed E-state index contributed by atoms with van der Waals surface area (Å²) in [7, 11) is 0. The zero-order chi connectivity index (χ0) is 16.4. The molecule has 9 heteroatoms. The molecule has 1 amide bonds. The topological polar surface area (TPSA) is 101 Å². The number of hydrogen-bond donors (Lipinski definition) is 2. The number of hydrogen-bond acceptors (Lipinski definition) is 6. The fraction of sp³-hybridized carbons (Fsp3) is 0.571. The van der Waals surface area contributed by atoms with Gasteiger partial charge >= 0.3 is 0 Å². The summed E-state index contributed by atoms with van der Waals surface area (Å²) in [6.07, 6.45) is 2.18. The van der Waals surface area contributed by atoms with Gasteiger partial charge in [-0.25, -0.2) is 0 Å². The van der Waals surface area contributed by atoms with E-state index in [9.17, 15) is 9.59 Å². The van der Waals surface area contributed by atoms with E-state index in [1.807, 2.05) is 6.92 Å². The Morgan fingerprint density at radius 2 is 2.30 bits per heavy atom. The summed E-state index contributed by atoms with van der Waals surface area (Å²) in [5.41, 5.74) is 1.21. The van der Waals surface area contributed by atoms with Gasteiger partial charge in [-0.05, 0) is 26.7 Å². The quantitative estimate of drug-likeness (QED) is 0.767. The van der Waals surface area contributed by atoms with Gasteiger partial charge in [0, 0.05) is 24.4 Å². The zero-order valence-electron chi connectivity index (χ0n) is 13.1. The van der Waals surface area contributed by atoms with Crippen LogP contribution in [0.5, 0.6) is 0 Å². The minimum atomic E-state index is -0.173. The largest absolute Gasteiger partial charge is 0.376 e. The van der Waals surface area contributed by atoms with Crippen LogP contribution >= 0.6 is 11.8 Å². The maximum atomic E-state index is 11.9. The van der Waals surface area contributed by atoms with Crippen molar-refractivity contribution in [3.63, 3.8) is 0 Å². The molecule has 1 saturated heterocycles. The highest BCUT2D eigenvalue weighted by molar-refractivity contribution is 7.99. The lowest BCUT2D eigenvalue weighted by Crippen LogP contribution is -2.32. The van der Waals surface area contributed by atoms with Crippen LogP contribution in [-0.4, -0.2) is 50.5 Å². The van der Waals surface area contributed by atoms with Crippen molar-refractivity contribution in [3.05, 3.63) is 21.6 Å². The van der Waals surface area contributed by atoms with Gasteiger partial charge in [-0.15, -0.1) is 10.2 Å². The summed E-state index contributed by atoms with van der Waals surface area (Å²) in [6, 6.07) is 0. The predicted octanol–water partition coefficient (Wildman–Crippen LogP) is 0.422. The predicted molar refractivity (Wildman–Crippen MR) is 85.8 cm³/mol. The Kier molecular flexibility index (Phi) is 4.67. The fourth-order valence-electron chi connectivity index (χ4n) is 2.49. The molecule has 0 aromatic carbocycles. The normalized spacial score (nSPS) is 17.7. The average molecular weight is 337 g/mol. The van der Waals surface area contributed by atoms with Crippen LogP contribution in [0, 0.1) is 13.8 Å². The first-order valence-corrected chi connectivity index (χ1v) is 8.50. The smallest absolute Gasteiger partial charge is 0.255 e. The molecule has 3 rings (SSSR count). The van der Waals surface area contributed by atoms with Crippen LogP contribution in [0.2, 0.25) is 0 Å². The van der Waals surface area contributed by atoms with Crippen molar-refractivity contribution in [2.45, 2.75) is 37.9 Å². The van der Waals surface area contributed by atoms with E-state index in [1.54, 1.807) is 11.3 Å². The van der Waals surface area contributed by atoms with Crippen molar-refractivity contribution in [2.24, 2.45) is 0 Å². The van der Waals surface area contributed by atoms with Crippen LogP contribution in [0.3, 0.4) is 0 Å². The molecule has 1 aliphatic heterocycles. The van der Waals surface area contributed by atoms with Crippen LogP contribution in [0.25, 0.3) is 5.78 Å². The molecule has 1 fully saturated rings. The summed E-state index contributed by atoms with van der Waals surface area (Å²) >= 11 is 1.29. The summed E-state index contributed by atoms with van der Waals surface area (Å²) in [4.78, 5) is 26.3. The maximum Gasteiger partial charge on any atom is 0.255 e. The molecule has 0 bridgehead atoms. The number of nitrogens with zero attached hydrogens (tertiary/aromatic N) is 3. The Labute approximate surface area is 137 Å². The molecule has 8 nitrogen and oxygen atoms in total. The molecular formula is C14H19N5O3S. The SMILES string of the molecule is Cc1c(C)n2c(SCC(=O)NC[C@@H]3CCCO3)nnc2[nH]c1=O. The lowest BCUT2D eigenvalue weighted by Gasteiger charge is -2.10. The van der Waals surface area contributed by atoms with E-state index in [2.05, 4.69) is 20.5 Å². The van der Waals surface area contributed by atoms with E-state index in [1.165, 1.54) is 11.8 Å². The summed E-state index contributed by atoms with van der Waals surface area (Å²) in [6.45, 7) is 4.90. The van der Waals surface area contributed by atoms with Crippen molar-refractivity contribution in [3.8, 4) is 0 Å². The number of aryl methyl sites for hydroxylation is 1. The van der Waals surface area contributed by atoms with Crippen molar-refractivity contribution in [2.75, 3.05) is 18.9 Å². The van der Waals surface area contributed by atoms with Gasteiger partial charge in [0.15, 0.2) is 5.16 Å². The number of amides is 1. The first kappa shape index (κ1) is 16.0. The van der Waals surface area contributed by atoms with Gasteiger partial charge in [-0.3, -0.25) is 19.0 Å². The Balaban J connectivity index is 1.64. The molecule has 3 heterocycles. The third-order valence-electron chi connectivity index (χ3n) is 3.96.